The van der Waals surface area contributed by atoms with Crippen LogP contribution in [0.5, 0.6) is 0 Å². The lowest BCUT2D eigenvalue weighted by Crippen LogP contribution is -2.63. The van der Waals surface area contributed by atoms with Gasteiger partial charge in [-0.2, -0.15) is 0 Å². The van der Waals surface area contributed by atoms with Crippen LogP contribution in [0.3, 0.4) is 0 Å². The van der Waals surface area contributed by atoms with E-state index in [4.69, 9.17) is 0 Å². The number of amides is 1. The summed E-state index contributed by atoms with van der Waals surface area (Å²) in [5.74, 6) is 0.794. The Hall–Kier alpha value is -0.810. The number of piperazine rings is 1. The minimum atomic E-state index is 0. The van der Waals surface area contributed by atoms with Gasteiger partial charge in [-0.25, -0.2) is 0 Å². The Kier molecular flexibility index (Phi) is 7.76. The van der Waals surface area contributed by atoms with Crippen LogP contribution >= 0.6 is 24.8 Å². The number of hydrogen-bond acceptors (Lipinski definition) is 3. The molecule has 1 unspecified atom stereocenters. The van der Waals surface area contributed by atoms with Crippen LogP contribution in [-0.2, 0) is 11.3 Å². The van der Waals surface area contributed by atoms with Gasteiger partial charge < -0.3 is 10.2 Å². The molecule has 168 valence electrons. The zero-order valence-electron chi connectivity index (χ0n) is 18.0. The monoisotopic (exact) mass is 453 g/mol. The number of carbonyl (C=O) groups excluding carboxylic acids is 1. The van der Waals surface area contributed by atoms with Crippen molar-refractivity contribution < 1.29 is 4.79 Å². The number of benzene rings is 1. The van der Waals surface area contributed by atoms with Crippen LogP contribution in [0.4, 0.5) is 0 Å². The highest BCUT2D eigenvalue weighted by atomic mass is 35.5. The van der Waals surface area contributed by atoms with Gasteiger partial charge in [0.2, 0.25) is 5.91 Å². The topological polar surface area (TPSA) is 35.6 Å². The third-order valence-corrected chi connectivity index (χ3v) is 8.20. The lowest BCUT2D eigenvalue weighted by atomic mass is 9.78. The molecular weight excluding hydrogens is 417 g/mol. The molecule has 1 amide bonds. The largest absolute Gasteiger partial charge is 0.339 e. The van der Waals surface area contributed by atoms with Gasteiger partial charge in [-0.15, -0.1) is 24.8 Å². The summed E-state index contributed by atoms with van der Waals surface area (Å²) < 4.78 is 0. The highest BCUT2D eigenvalue weighted by Crippen LogP contribution is 2.59. The lowest BCUT2D eigenvalue weighted by Gasteiger charge is -2.53. The molecule has 2 saturated carbocycles. The average molecular weight is 454 g/mol. The Morgan fingerprint density at radius 1 is 0.967 bits per heavy atom. The Bertz CT molecular complexity index is 702. The minimum Gasteiger partial charge on any atom is -0.339 e. The SMILES string of the molecule is Cl.Cl.O=C(C1CC12CCNCC2)N1CCN(Cc2ccccc2)C2(CCCCC2)C1. The fraction of sp³-hybridized carbons (Fsp3) is 0.708. The van der Waals surface area contributed by atoms with E-state index < -0.39 is 0 Å². The fourth-order valence-electron chi connectivity index (χ4n) is 6.33. The number of nitrogens with one attached hydrogen (secondary N) is 1. The van der Waals surface area contributed by atoms with Crippen molar-refractivity contribution >= 4 is 30.7 Å². The predicted octanol–water partition coefficient (Wildman–Crippen LogP) is 4.27. The van der Waals surface area contributed by atoms with Crippen molar-refractivity contribution in [3.63, 3.8) is 0 Å². The van der Waals surface area contributed by atoms with Gasteiger partial charge in [0.25, 0.3) is 0 Å². The quantitative estimate of drug-likeness (QED) is 0.741. The molecule has 4 nitrogen and oxygen atoms in total. The number of carbonyl (C=O) groups is 1. The van der Waals surface area contributed by atoms with Crippen LogP contribution < -0.4 is 5.32 Å². The summed E-state index contributed by atoms with van der Waals surface area (Å²) in [4.78, 5) is 18.4. The van der Waals surface area contributed by atoms with Gasteiger partial charge in [-0.1, -0.05) is 49.6 Å². The molecule has 6 heteroatoms. The Morgan fingerprint density at radius 2 is 1.67 bits per heavy atom. The van der Waals surface area contributed by atoms with E-state index in [2.05, 4.69) is 45.4 Å². The van der Waals surface area contributed by atoms with Crippen molar-refractivity contribution in [3.8, 4) is 0 Å². The summed E-state index contributed by atoms with van der Waals surface area (Å²) in [5.41, 5.74) is 1.96. The molecule has 1 atom stereocenters. The average Bonchev–Trinajstić information content (AvgIpc) is 3.43. The number of nitrogens with zero attached hydrogens (tertiary/aromatic N) is 2. The lowest BCUT2D eigenvalue weighted by molar-refractivity contribution is -0.141. The Labute approximate surface area is 194 Å². The maximum absolute atomic E-state index is 13.4. The van der Waals surface area contributed by atoms with Crippen molar-refractivity contribution in [1.82, 2.24) is 15.1 Å². The number of piperidine rings is 1. The molecule has 1 aromatic rings. The summed E-state index contributed by atoms with van der Waals surface area (Å²) >= 11 is 0. The predicted molar refractivity (Wildman–Crippen MR) is 126 cm³/mol. The first kappa shape index (κ1) is 23.8. The molecule has 5 rings (SSSR count). The molecule has 2 spiro atoms. The third-order valence-electron chi connectivity index (χ3n) is 8.20. The Morgan fingerprint density at radius 3 is 2.37 bits per heavy atom. The van der Waals surface area contributed by atoms with Crippen LogP contribution in [0, 0.1) is 11.3 Å². The van der Waals surface area contributed by atoms with E-state index in [0.29, 0.717) is 17.2 Å². The van der Waals surface area contributed by atoms with Crippen LogP contribution in [0.2, 0.25) is 0 Å². The van der Waals surface area contributed by atoms with Gasteiger partial charge in [-0.3, -0.25) is 9.69 Å². The zero-order chi connectivity index (χ0) is 19.0. The van der Waals surface area contributed by atoms with Crippen molar-refractivity contribution in [2.45, 2.75) is 63.5 Å². The first-order valence-electron chi connectivity index (χ1n) is 11.5. The minimum absolute atomic E-state index is 0. The summed E-state index contributed by atoms with van der Waals surface area (Å²) in [5, 5.41) is 3.46. The van der Waals surface area contributed by atoms with Crippen LogP contribution in [0.25, 0.3) is 0 Å². The molecule has 2 aliphatic heterocycles. The van der Waals surface area contributed by atoms with E-state index in [9.17, 15) is 4.79 Å². The van der Waals surface area contributed by atoms with E-state index in [1.807, 2.05) is 0 Å². The van der Waals surface area contributed by atoms with E-state index in [1.165, 1.54) is 50.5 Å². The van der Waals surface area contributed by atoms with Gasteiger partial charge in [-0.05, 0) is 56.2 Å². The molecule has 2 aliphatic carbocycles. The van der Waals surface area contributed by atoms with Crippen molar-refractivity contribution in [3.05, 3.63) is 35.9 Å². The number of halogens is 2. The third kappa shape index (κ3) is 4.53. The van der Waals surface area contributed by atoms with Crippen molar-refractivity contribution in [1.29, 1.82) is 0 Å². The molecular formula is C24H37Cl2N3O. The van der Waals surface area contributed by atoms with E-state index in [1.54, 1.807) is 0 Å². The van der Waals surface area contributed by atoms with E-state index in [-0.39, 0.29) is 30.4 Å². The number of hydrogen-bond donors (Lipinski definition) is 1. The van der Waals surface area contributed by atoms with Gasteiger partial charge in [0.15, 0.2) is 0 Å². The maximum atomic E-state index is 13.4. The summed E-state index contributed by atoms with van der Waals surface area (Å²) in [6.07, 6.45) is 10.0. The van der Waals surface area contributed by atoms with Gasteiger partial charge in [0.05, 0.1) is 0 Å². The second-order valence-corrected chi connectivity index (χ2v) is 9.82. The van der Waals surface area contributed by atoms with E-state index in [0.717, 1.165) is 45.7 Å². The first-order valence-corrected chi connectivity index (χ1v) is 11.5. The zero-order valence-corrected chi connectivity index (χ0v) is 19.6. The first-order chi connectivity index (χ1) is 13.7. The van der Waals surface area contributed by atoms with Crippen molar-refractivity contribution in [2.75, 3.05) is 32.7 Å². The Balaban J connectivity index is 0.00000128. The maximum Gasteiger partial charge on any atom is 0.226 e. The molecule has 2 heterocycles. The molecule has 0 bridgehead atoms. The summed E-state index contributed by atoms with van der Waals surface area (Å²) in [6, 6.07) is 10.9. The van der Waals surface area contributed by atoms with Crippen LogP contribution in [-0.4, -0.2) is 54.0 Å². The fourth-order valence-corrected chi connectivity index (χ4v) is 6.33. The van der Waals surface area contributed by atoms with Gasteiger partial charge >= 0.3 is 0 Å². The molecule has 0 aromatic heterocycles. The highest BCUT2D eigenvalue weighted by Gasteiger charge is 2.59. The smallest absolute Gasteiger partial charge is 0.226 e. The van der Waals surface area contributed by atoms with Gasteiger partial charge in [0.1, 0.15) is 0 Å². The van der Waals surface area contributed by atoms with Gasteiger partial charge in [0, 0.05) is 37.6 Å². The van der Waals surface area contributed by atoms with E-state index >= 15 is 0 Å². The molecule has 1 N–H and O–H groups in total. The molecule has 0 radical (unpaired) electrons. The summed E-state index contributed by atoms with van der Waals surface area (Å²) in [7, 11) is 0. The molecule has 1 aromatic carbocycles. The highest BCUT2D eigenvalue weighted by molar-refractivity contribution is 5.85. The second kappa shape index (κ2) is 9.77. The molecule has 4 fully saturated rings. The summed E-state index contributed by atoms with van der Waals surface area (Å²) in [6.45, 7) is 6.13. The molecule has 4 aliphatic rings. The standard InChI is InChI=1S/C24H35N3O.2ClH/c28-22(21-17-23(21)11-13-25-14-12-23)26-15-16-27(18-20-7-3-1-4-8-20)24(19-26)9-5-2-6-10-24;;/h1,3-4,7-8,21,25H,2,5-6,9-19H2;2*1H. The normalized spacial score (nSPS) is 27.2. The second-order valence-electron chi connectivity index (χ2n) is 9.82. The number of rotatable bonds is 3. The van der Waals surface area contributed by atoms with Crippen LogP contribution in [0.15, 0.2) is 30.3 Å². The molecule has 2 saturated heterocycles. The molecule has 30 heavy (non-hydrogen) atoms. The van der Waals surface area contributed by atoms with Crippen molar-refractivity contribution in [2.24, 2.45) is 11.3 Å². The van der Waals surface area contributed by atoms with Crippen LogP contribution in [0.1, 0.15) is 56.9 Å².